The third-order valence-corrected chi connectivity index (χ3v) is 23.2. The molecule has 0 N–H and O–H groups in total. The largest absolute Gasteiger partial charge is 0.309 e. The quantitative estimate of drug-likeness (QED) is 0.108. The summed E-state index contributed by atoms with van der Waals surface area (Å²) in [5.74, 6) is 0. The minimum absolute atomic E-state index is 1.15. The van der Waals surface area contributed by atoms with Crippen LogP contribution in [0.3, 0.4) is 0 Å². The monoisotopic (exact) mass is 1450 g/mol. The van der Waals surface area contributed by atoms with Gasteiger partial charge in [0.05, 0.1) is 22.1 Å². The third kappa shape index (κ3) is 11.9. The Morgan fingerprint density at radius 2 is 0.307 bits per heavy atom. The molecule has 532 valence electrons. The Kier molecular flexibility index (Phi) is 17.0. The zero-order valence-corrected chi connectivity index (χ0v) is 62.6. The molecule has 22 aromatic rings. The summed E-state index contributed by atoms with van der Waals surface area (Å²) in [5.41, 5.74) is 31.8. The molecule has 2 heteroatoms. The molecule has 0 saturated heterocycles. The molecule has 0 radical (unpaired) electrons. The minimum atomic E-state index is 1.15. The predicted molar refractivity (Wildman–Crippen MR) is 486 cm³/mol. The van der Waals surface area contributed by atoms with Crippen molar-refractivity contribution in [1.29, 1.82) is 0 Å². The molecule has 0 aliphatic rings. The lowest BCUT2D eigenvalue weighted by Gasteiger charge is -2.18. The molecule has 0 amide bonds. The van der Waals surface area contributed by atoms with E-state index < -0.39 is 0 Å². The van der Waals surface area contributed by atoms with Gasteiger partial charge >= 0.3 is 0 Å². The number of hydrogen-bond acceptors (Lipinski definition) is 0. The first-order valence-electron chi connectivity index (χ1n) is 39.4. The van der Waals surface area contributed by atoms with Crippen molar-refractivity contribution in [3.05, 3.63) is 449 Å². The van der Waals surface area contributed by atoms with E-state index in [1.54, 1.807) is 0 Å². The fourth-order valence-electron chi connectivity index (χ4n) is 17.9. The van der Waals surface area contributed by atoms with Gasteiger partial charge in [0.2, 0.25) is 0 Å². The molecule has 2 nitrogen and oxygen atoms in total. The SMILES string of the molecule is c1ccc(-c2ccc(-c3ccc(-c4ccc5c(c4)c4ccccc4n5-c4ccc(-c5c6ccccc6c(-c6ccccc6)c6ccccc56)cc4)cc3)cc2)cc1.c1ccc(-c2ccccc2-c2ccc(-c3ccc4c(c3)c3ccccc3n4-c3ccc(-c4c5ccccc5c(-c5ccccc5)c5ccccc45)cc3)cc2)cc1. The number of rotatable bonds is 12. The van der Waals surface area contributed by atoms with Gasteiger partial charge < -0.3 is 9.13 Å². The van der Waals surface area contributed by atoms with Crippen molar-refractivity contribution in [1.82, 2.24) is 9.13 Å². The van der Waals surface area contributed by atoms with E-state index >= 15 is 0 Å². The number of aromatic nitrogens is 2. The normalized spacial score (nSPS) is 11.5. The van der Waals surface area contributed by atoms with Crippen molar-refractivity contribution in [2.45, 2.75) is 0 Å². The van der Waals surface area contributed by atoms with Crippen LogP contribution in [0, 0.1) is 0 Å². The van der Waals surface area contributed by atoms with Crippen LogP contribution in [0.2, 0.25) is 0 Å². The molecule has 114 heavy (non-hydrogen) atoms. The summed E-state index contributed by atoms with van der Waals surface area (Å²) >= 11 is 0. The molecule has 0 bridgehead atoms. The van der Waals surface area contributed by atoms with Crippen molar-refractivity contribution in [2.24, 2.45) is 0 Å². The zero-order chi connectivity index (χ0) is 75.4. The topological polar surface area (TPSA) is 9.86 Å². The van der Waals surface area contributed by atoms with Crippen molar-refractivity contribution in [3.8, 4) is 123 Å². The van der Waals surface area contributed by atoms with Gasteiger partial charge in [-0.15, -0.1) is 0 Å². The van der Waals surface area contributed by atoms with Crippen LogP contribution in [0.4, 0.5) is 0 Å². The van der Waals surface area contributed by atoms with Gasteiger partial charge in [-0.05, 0) is 215 Å². The highest BCUT2D eigenvalue weighted by Gasteiger charge is 2.22. The highest BCUT2D eigenvalue weighted by Crippen LogP contribution is 2.48. The second-order valence-corrected chi connectivity index (χ2v) is 29.7. The van der Waals surface area contributed by atoms with Crippen LogP contribution in [-0.4, -0.2) is 9.13 Å². The smallest absolute Gasteiger partial charge is 0.0541 e. The Balaban J connectivity index is 0.000000143. The van der Waals surface area contributed by atoms with Crippen molar-refractivity contribution < 1.29 is 0 Å². The van der Waals surface area contributed by atoms with E-state index in [1.807, 2.05) is 0 Å². The first-order valence-corrected chi connectivity index (χ1v) is 39.4. The molecule has 0 spiro atoms. The zero-order valence-electron chi connectivity index (χ0n) is 62.6. The number of hydrogen-bond donors (Lipinski definition) is 0. The van der Waals surface area contributed by atoms with E-state index in [4.69, 9.17) is 0 Å². The number of fused-ring (bicyclic) bond motifs is 10. The van der Waals surface area contributed by atoms with Gasteiger partial charge in [0, 0.05) is 32.9 Å². The molecule has 0 atom stereocenters. The number of para-hydroxylation sites is 2. The van der Waals surface area contributed by atoms with Gasteiger partial charge in [-0.25, -0.2) is 0 Å². The first kappa shape index (κ1) is 67.2. The Labute approximate surface area is 662 Å². The molecular formula is C112H74N2. The molecule has 0 fully saturated rings. The Bertz CT molecular complexity index is 7250. The van der Waals surface area contributed by atoms with Gasteiger partial charge in [0.1, 0.15) is 0 Å². The summed E-state index contributed by atoms with van der Waals surface area (Å²) < 4.78 is 4.83. The highest BCUT2D eigenvalue weighted by molar-refractivity contribution is 6.23. The maximum atomic E-state index is 2.41. The van der Waals surface area contributed by atoms with E-state index in [0.717, 1.165) is 11.4 Å². The van der Waals surface area contributed by atoms with Crippen LogP contribution in [0.25, 0.3) is 209 Å². The van der Waals surface area contributed by atoms with Crippen molar-refractivity contribution in [3.63, 3.8) is 0 Å². The van der Waals surface area contributed by atoms with Gasteiger partial charge in [-0.1, -0.05) is 388 Å². The summed E-state index contributed by atoms with van der Waals surface area (Å²) in [6.45, 7) is 0. The average Bonchev–Trinajstić information content (AvgIpc) is 0.819. The summed E-state index contributed by atoms with van der Waals surface area (Å²) in [5, 5.41) is 15.1. The molecule has 2 heterocycles. The fraction of sp³-hybridized carbons (Fsp3) is 0. The van der Waals surface area contributed by atoms with Gasteiger partial charge in [-0.2, -0.15) is 0 Å². The summed E-state index contributed by atoms with van der Waals surface area (Å²) in [4.78, 5) is 0. The second kappa shape index (κ2) is 28.8. The van der Waals surface area contributed by atoms with Gasteiger partial charge in [0.15, 0.2) is 0 Å². The molecule has 0 unspecified atom stereocenters. The van der Waals surface area contributed by atoms with E-state index in [9.17, 15) is 0 Å². The molecule has 0 saturated carbocycles. The van der Waals surface area contributed by atoms with Crippen LogP contribution < -0.4 is 0 Å². The Morgan fingerprint density at radius 1 is 0.114 bits per heavy atom. The molecular weight excluding hydrogens is 1370 g/mol. The molecule has 22 rings (SSSR count). The first-order chi connectivity index (χ1) is 56.6. The molecule has 0 aliphatic carbocycles. The Morgan fingerprint density at radius 3 is 0.623 bits per heavy atom. The lowest BCUT2D eigenvalue weighted by Crippen LogP contribution is -1.94. The van der Waals surface area contributed by atoms with Crippen LogP contribution in [0.5, 0.6) is 0 Å². The van der Waals surface area contributed by atoms with E-state index in [2.05, 4.69) is 458 Å². The lowest BCUT2D eigenvalue weighted by molar-refractivity contribution is 1.18. The van der Waals surface area contributed by atoms with Crippen LogP contribution in [0.1, 0.15) is 0 Å². The highest BCUT2D eigenvalue weighted by atomic mass is 15.0. The Hall–Kier alpha value is -15.0. The van der Waals surface area contributed by atoms with E-state index in [1.165, 1.54) is 198 Å². The van der Waals surface area contributed by atoms with Crippen LogP contribution in [0.15, 0.2) is 449 Å². The third-order valence-electron chi connectivity index (χ3n) is 23.2. The average molecular weight is 1450 g/mol. The van der Waals surface area contributed by atoms with Gasteiger partial charge in [0.25, 0.3) is 0 Å². The number of benzene rings is 20. The van der Waals surface area contributed by atoms with Crippen molar-refractivity contribution in [2.75, 3.05) is 0 Å². The summed E-state index contributed by atoms with van der Waals surface area (Å²) in [6, 6.07) is 164. The fourth-order valence-corrected chi connectivity index (χ4v) is 17.9. The summed E-state index contributed by atoms with van der Waals surface area (Å²) in [6.07, 6.45) is 0. The van der Waals surface area contributed by atoms with E-state index in [-0.39, 0.29) is 0 Å². The molecule has 0 aliphatic heterocycles. The lowest BCUT2D eigenvalue weighted by atomic mass is 9.86. The predicted octanol–water partition coefficient (Wildman–Crippen LogP) is 30.9. The van der Waals surface area contributed by atoms with Crippen LogP contribution in [-0.2, 0) is 0 Å². The van der Waals surface area contributed by atoms with Crippen molar-refractivity contribution >= 4 is 86.7 Å². The standard InChI is InChI=1S/2C56H37N/c1-3-13-38(14-4-1)39-23-25-40(26-24-39)41-27-29-42(30-28-41)45-33-36-54-52(37-45)47-17-11-12-22-53(47)57(54)46-34-31-44(32-35-46)56-50-20-9-7-18-48(50)55(43-15-5-2-6-16-43)49-19-8-10-21-51(49)56;1-3-15-39(16-4-1)45-19-7-8-20-46(45)40-29-27-38(28-30-40)43-33-36-54-52(37-43)47-21-13-14-26-53(47)57(54)44-34-31-42(32-35-44)56-50-24-11-9-22-48(50)55(41-17-5-2-6-18-41)49-23-10-12-25-51(49)56/h2*1-37H. The van der Waals surface area contributed by atoms with Crippen LogP contribution >= 0.6 is 0 Å². The molecule has 2 aromatic heterocycles. The molecule has 20 aromatic carbocycles. The minimum Gasteiger partial charge on any atom is -0.309 e. The summed E-state index contributed by atoms with van der Waals surface area (Å²) in [7, 11) is 0. The maximum absolute atomic E-state index is 2.41. The maximum Gasteiger partial charge on any atom is 0.0541 e. The second-order valence-electron chi connectivity index (χ2n) is 29.7. The van der Waals surface area contributed by atoms with Gasteiger partial charge in [-0.3, -0.25) is 0 Å². The number of nitrogens with zero attached hydrogens (tertiary/aromatic N) is 2. The van der Waals surface area contributed by atoms with E-state index in [0.29, 0.717) is 0 Å².